The molecular weight excluding hydrogens is 388 g/mol. The van der Waals surface area contributed by atoms with Crippen molar-refractivity contribution in [3.05, 3.63) is 65.8 Å². The first-order valence-corrected chi connectivity index (χ1v) is 9.42. The van der Waals surface area contributed by atoms with Crippen LogP contribution in [0.15, 0.2) is 53.1 Å². The van der Waals surface area contributed by atoms with E-state index in [1.807, 2.05) is 6.92 Å². The highest BCUT2D eigenvalue weighted by atomic mass is 16.5. The van der Waals surface area contributed by atoms with E-state index in [1.165, 1.54) is 0 Å². The summed E-state index contributed by atoms with van der Waals surface area (Å²) in [5.74, 6) is 1.25. The number of carbonyl (C=O) groups excluding carboxylic acids is 2. The molecule has 0 spiro atoms. The van der Waals surface area contributed by atoms with Crippen LogP contribution in [0.2, 0.25) is 0 Å². The van der Waals surface area contributed by atoms with Gasteiger partial charge in [-0.25, -0.2) is 9.59 Å². The number of nitrogens with one attached hydrogen (secondary N) is 2. The van der Waals surface area contributed by atoms with E-state index >= 15 is 0 Å². The van der Waals surface area contributed by atoms with Crippen LogP contribution in [0.3, 0.4) is 0 Å². The minimum atomic E-state index is -0.525. The van der Waals surface area contributed by atoms with Gasteiger partial charge in [-0.3, -0.25) is 0 Å². The lowest BCUT2D eigenvalue weighted by molar-refractivity contribution is 0.0735. The molecule has 0 bridgehead atoms. The van der Waals surface area contributed by atoms with Gasteiger partial charge in [0.15, 0.2) is 6.61 Å². The summed E-state index contributed by atoms with van der Waals surface area (Å²) in [4.78, 5) is 28.2. The van der Waals surface area contributed by atoms with E-state index in [9.17, 15) is 9.59 Å². The van der Waals surface area contributed by atoms with Crippen molar-refractivity contribution in [2.75, 3.05) is 11.9 Å². The number of esters is 1. The molecule has 0 fully saturated rings. The average molecular weight is 410 g/mol. The quantitative estimate of drug-likeness (QED) is 0.430. The van der Waals surface area contributed by atoms with E-state index in [4.69, 9.17) is 14.0 Å². The number of amides is 2. The first-order chi connectivity index (χ1) is 14.5. The fourth-order valence-corrected chi connectivity index (χ4v) is 2.45. The Balaban J connectivity index is 1.55. The van der Waals surface area contributed by atoms with Crippen LogP contribution in [-0.4, -0.2) is 28.7 Å². The second-order valence-corrected chi connectivity index (χ2v) is 6.34. The molecule has 0 saturated carbocycles. The van der Waals surface area contributed by atoms with Gasteiger partial charge >= 0.3 is 12.0 Å². The Bertz CT molecular complexity index is 1000. The van der Waals surface area contributed by atoms with Crippen molar-refractivity contribution in [1.29, 1.82) is 0 Å². The molecule has 0 radical (unpaired) electrons. The molecule has 0 aliphatic heterocycles. The van der Waals surface area contributed by atoms with Gasteiger partial charge in [-0.15, -0.1) is 0 Å². The zero-order valence-corrected chi connectivity index (χ0v) is 16.7. The SMILES string of the molecule is CCCNC(=O)Nc1cccc(OC(=O)c2ccc(OCc3noc(C)n3)cc2)c1. The molecule has 0 aliphatic carbocycles. The molecule has 1 heterocycles. The monoisotopic (exact) mass is 410 g/mol. The molecular formula is C21H22N4O5. The zero-order chi connectivity index (χ0) is 21.3. The van der Waals surface area contributed by atoms with Crippen molar-refractivity contribution in [2.45, 2.75) is 26.9 Å². The summed E-state index contributed by atoms with van der Waals surface area (Å²) in [7, 11) is 0. The second-order valence-electron chi connectivity index (χ2n) is 6.34. The van der Waals surface area contributed by atoms with Crippen LogP contribution in [0.25, 0.3) is 0 Å². The van der Waals surface area contributed by atoms with Gasteiger partial charge in [0.25, 0.3) is 0 Å². The summed E-state index contributed by atoms with van der Waals surface area (Å²) in [5, 5.41) is 9.15. The van der Waals surface area contributed by atoms with Crippen LogP contribution >= 0.6 is 0 Å². The lowest BCUT2D eigenvalue weighted by Gasteiger charge is -2.09. The van der Waals surface area contributed by atoms with Crippen LogP contribution in [0.1, 0.15) is 35.4 Å². The minimum absolute atomic E-state index is 0.159. The largest absolute Gasteiger partial charge is 0.485 e. The molecule has 2 N–H and O–H groups in total. The highest BCUT2D eigenvalue weighted by Gasteiger charge is 2.11. The molecule has 9 nitrogen and oxygen atoms in total. The number of nitrogens with zero attached hydrogens (tertiary/aromatic N) is 2. The second kappa shape index (κ2) is 10.1. The Morgan fingerprint density at radius 1 is 1.10 bits per heavy atom. The molecule has 156 valence electrons. The Labute approximate surface area is 173 Å². The first kappa shape index (κ1) is 20.8. The predicted molar refractivity (Wildman–Crippen MR) is 109 cm³/mol. The Hall–Kier alpha value is -3.88. The number of hydrogen-bond donors (Lipinski definition) is 2. The van der Waals surface area contributed by atoms with Crippen molar-refractivity contribution < 1.29 is 23.6 Å². The highest BCUT2D eigenvalue weighted by Crippen LogP contribution is 2.20. The summed E-state index contributed by atoms with van der Waals surface area (Å²) in [6, 6.07) is 12.8. The summed E-state index contributed by atoms with van der Waals surface area (Å²) in [6.07, 6.45) is 0.839. The first-order valence-electron chi connectivity index (χ1n) is 9.42. The van der Waals surface area contributed by atoms with Crippen molar-refractivity contribution >= 4 is 17.7 Å². The molecule has 0 unspecified atom stereocenters. The Morgan fingerprint density at radius 3 is 2.60 bits per heavy atom. The maximum atomic E-state index is 12.4. The van der Waals surface area contributed by atoms with Gasteiger partial charge in [-0.1, -0.05) is 18.1 Å². The lowest BCUT2D eigenvalue weighted by atomic mass is 10.2. The van der Waals surface area contributed by atoms with E-state index in [1.54, 1.807) is 55.5 Å². The van der Waals surface area contributed by atoms with Gasteiger partial charge in [0.2, 0.25) is 11.7 Å². The van der Waals surface area contributed by atoms with E-state index in [0.29, 0.717) is 41.0 Å². The van der Waals surface area contributed by atoms with Crippen LogP contribution in [0.4, 0.5) is 10.5 Å². The van der Waals surface area contributed by atoms with E-state index < -0.39 is 5.97 Å². The van der Waals surface area contributed by atoms with Gasteiger partial charge in [0.1, 0.15) is 11.5 Å². The van der Waals surface area contributed by atoms with Gasteiger partial charge in [-0.2, -0.15) is 4.98 Å². The van der Waals surface area contributed by atoms with Crippen molar-refractivity contribution in [2.24, 2.45) is 0 Å². The molecule has 2 amide bonds. The number of hydrogen-bond acceptors (Lipinski definition) is 7. The number of aromatic nitrogens is 2. The Kier molecular flexibility index (Phi) is 6.99. The summed E-state index contributed by atoms with van der Waals surface area (Å²) in [6.45, 7) is 4.40. The van der Waals surface area contributed by atoms with E-state index in [-0.39, 0.29) is 12.6 Å². The number of aryl methyl sites for hydroxylation is 1. The van der Waals surface area contributed by atoms with Gasteiger partial charge < -0.3 is 24.6 Å². The van der Waals surface area contributed by atoms with Crippen molar-refractivity contribution in [3.8, 4) is 11.5 Å². The number of anilines is 1. The summed E-state index contributed by atoms with van der Waals surface area (Å²) < 4.78 is 15.8. The standard InChI is InChI=1S/C21H22N4O5/c1-3-11-22-21(27)24-16-5-4-6-18(12-16)29-20(26)15-7-9-17(10-8-15)28-13-19-23-14(2)30-25-19/h4-10,12H,3,11,13H2,1-2H3,(H2,22,24,27). The van der Waals surface area contributed by atoms with Crippen LogP contribution in [0.5, 0.6) is 11.5 Å². The van der Waals surface area contributed by atoms with E-state index in [2.05, 4.69) is 20.8 Å². The molecule has 0 aliphatic rings. The fraction of sp³-hybridized carbons (Fsp3) is 0.238. The van der Waals surface area contributed by atoms with Crippen molar-refractivity contribution in [3.63, 3.8) is 0 Å². The Morgan fingerprint density at radius 2 is 1.90 bits per heavy atom. The maximum Gasteiger partial charge on any atom is 0.343 e. The van der Waals surface area contributed by atoms with Gasteiger partial charge in [0, 0.05) is 25.2 Å². The smallest absolute Gasteiger partial charge is 0.343 e. The third-order valence-corrected chi connectivity index (χ3v) is 3.87. The average Bonchev–Trinajstić information content (AvgIpc) is 3.16. The molecule has 1 aromatic heterocycles. The number of rotatable bonds is 8. The lowest BCUT2D eigenvalue weighted by Crippen LogP contribution is -2.29. The van der Waals surface area contributed by atoms with E-state index in [0.717, 1.165) is 6.42 Å². The maximum absolute atomic E-state index is 12.4. The molecule has 2 aromatic carbocycles. The molecule has 30 heavy (non-hydrogen) atoms. The van der Waals surface area contributed by atoms with Gasteiger partial charge in [-0.05, 0) is 42.8 Å². The molecule has 9 heteroatoms. The highest BCUT2D eigenvalue weighted by molar-refractivity contribution is 5.92. The third-order valence-electron chi connectivity index (χ3n) is 3.87. The zero-order valence-electron chi connectivity index (χ0n) is 16.7. The van der Waals surface area contributed by atoms with Crippen LogP contribution in [-0.2, 0) is 6.61 Å². The predicted octanol–water partition coefficient (Wildman–Crippen LogP) is 3.71. The van der Waals surface area contributed by atoms with Crippen LogP contribution < -0.4 is 20.1 Å². The molecule has 0 saturated heterocycles. The normalized spacial score (nSPS) is 10.3. The van der Waals surface area contributed by atoms with Crippen molar-refractivity contribution in [1.82, 2.24) is 15.5 Å². The molecule has 0 atom stereocenters. The number of urea groups is 1. The summed E-state index contributed by atoms with van der Waals surface area (Å²) >= 11 is 0. The fourth-order valence-electron chi connectivity index (χ4n) is 2.45. The topological polar surface area (TPSA) is 116 Å². The minimum Gasteiger partial charge on any atom is -0.485 e. The third kappa shape index (κ3) is 6.06. The number of carbonyl (C=O) groups is 2. The number of ether oxygens (including phenoxy) is 2. The molecule has 3 aromatic rings. The summed E-state index contributed by atoms with van der Waals surface area (Å²) in [5.41, 5.74) is 0.881. The van der Waals surface area contributed by atoms with Crippen LogP contribution in [0, 0.1) is 6.92 Å². The van der Waals surface area contributed by atoms with Gasteiger partial charge in [0.05, 0.1) is 5.56 Å². The molecule has 3 rings (SSSR count). The number of benzene rings is 2.